The average molecular weight is 259 g/mol. The van der Waals surface area contributed by atoms with Gasteiger partial charge in [-0.2, -0.15) is 0 Å². The summed E-state index contributed by atoms with van der Waals surface area (Å²) in [6, 6.07) is 4.40. The van der Waals surface area contributed by atoms with Crippen LogP contribution in [-0.4, -0.2) is 23.7 Å². The van der Waals surface area contributed by atoms with Crippen LogP contribution in [0, 0.1) is 6.92 Å². The molecule has 0 aliphatic carbocycles. The Bertz CT molecular complexity index is 436. The molecule has 0 atom stereocenters. The van der Waals surface area contributed by atoms with Crippen molar-refractivity contribution in [2.24, 2.45) is 0 Å². The van der Waals surface area contributed by atoms with E-state index in [9.17, 15) is 9.59 Å². The fraction of sp³-hybridized carbons (Fsp3) is 0.200. The minimum absolute atomic E-state index is 0.387. The highest BCUT2D eigenvalue weighted by molar-refractivity contribution is 6.33. The molecule has 0 aromatic heterocycles. The van der Waals surface area contributed by atoms with E-state index in [1.807, 2.05) is 12.4 Å². The van der Waals surface area contributed by atoms with Crippen molar-refractivity contribution >= 4 is 29.3 Å². The Balaban J connectivity index is 2.48. The molecule has 2 amide bonds. The minimum Gasteiger partial charge on any atom is -0.479 e. The van der Waals surface area contributed by atoms with Gasteiger partial charge in [-0.25, -0.2) is 15.1 Å². The number of carboxylic acid groups (broad SMARTS) is 1. The Kier molecular flexibility index (Phi) is 4.74. The molecular formula is C10H11ClN2O4. The van der Waals surface area contributed by atoms with E-state index in [1.165, 1.54) is 0 Å². The summed E-state index contributed by atoms with van der Waals surface area (Å²) in [6.45, 7) is 1.25. The molecule has 0 aliphatic rings. The predicted octanol–water partition coefficient (Wildman–Crippen LogP) is 1.79. The summed E-state index contributed by atoms with van der Waals surface area (Å²) in [6.07, 6.45) is 0. The Morgan fingerprint density at radius 1 is 1.47 bits per heavy atom. The number of amides is 2. The maximum absolute atomic E-state index is 11.2. The molecule has 17 heavy (non-hydrogen) atoms. The SMILES string of the molecule is Cc1ccc(NC(=O)NOCC(=O)O)c(Cl)c1. The Morgan fingerprint density at radius 3 is 2.76 bits per heavy atom. The summed E-state index contributed by atoms with van der Waals surface area (Å²) in [5.41, 5.74) is 3.29. The molecule has 6 nitrogen and oxygen atoms in total. The van der Waals surface area contributed by atoms with Gasteiger partial charge >= 0.3 is 12.0 Å². The number of hydrogen-bond donors (Lipinski definition) is 3. The van der Waals surface area contributed by atoms with E-state index in [-0.39, 0.29) is 0 Å². The van der Waals surface area contributed by atoms with Crippen LogP contribution in [0.1, 0.15) is 5.56 Å². The van der Waals surface area contributed by atoms with Gasteiger partial charge in [0.1, 0.15) is 0 Å². The van der Waals surface area contributed by atoms with Crippen LogP contribution in [0.2, 0.25) is 5.02 Å². The number of aliphatic carboxylic acids is 1. The first kappa shape index (κ1) is 13.3. The average Bonchev–Trinajstić information content (AvgIpc) is 2.21. The first-order chi connectivity index (χ1) is 7.99. The second-order valence-corrected chi connectivity index (χ2v) is 3.63. The summed E-state index contributed by atoms with van der Waals surface area (Å²) in [7, 11) is 0. The Hall–Kier alpha value is -1.79. The summed E-state index contributed by atoms with van der Waals surface area (Å²) in [4.78, 5) is 25.7. The van der Waals surface area contributed by atoms with Gasteiger partial charge in [-0.15, -0.1) is 0 Å². The summed E-state index contributed by atoms with van der Waals surface area (Å²) in [5.74, 6) is -1.18. The highest BCUT2D eigenvalue weighted by Crippen LogP contribution is 2.22. The number of carbonyl (C=O) groups excluding carboxylic acids is 1. The molecule has 7 heteroatoms. The fourth-order valence-electron chi connectivity index (χ4n) is 1.03. The monoisotopic (exact) mass is 258 g/mol. The highest BCUT2D eigenvalue weighted by atomic mass is 35.5. The van der Waals surface area contributed by atoms with Crippen LogP contribution in [0.25, 0.3) is 0 Å². The molecular weight excluding hydrogens is 248 g/mol. The molecule has 0 unspecified atom stereocenters. The molecule has 0 aliphatic heterocycles. The number of anilines is 1. The third-order valence-electron chi connectivity index (χ3n) is 1.73. The summed E-state index contributed by atoms with van der Waals surface area (Å²) < 4.78 is 0. The van der Waals surface area contributed by atoms with Crippen LogP contribution in [0.15, 0.2) is 18.2 Å². The first-order valence-electron chi connectivity index (χ1n) is 4.66. The van der Waals surface area contributed by atoms with Gasteiger partial charge in [-0.3, -0.25) is 4.84 Å². The van der Waals surface area contributed by atoms with Gasteiger partial charge in [0.2, 0.25) is 0 Å². The molecule has 1 rings (SSSR count). The lowest BCUT2D eigenvalue weighted by molar-refractivity contribution is -0.143. The maximum Gasteiger partial charge on any atom is 0.343 e. The van der Waals surface area contributed by atoms with Crippen molar-refractivity contribution in [2.45, 2.75) is 6.92 Å². The lowest BCUT2D eigenvalue weighted by atomic mass is 10.2. The van der Waals surface area contributed by atoms with Crippen molar-refractivity contribution in [3.63, 3.8) is 0 Å². The van der Waals surface area contributed by atoms with E-state index in [4.69, 9.17) is 16.7 Å². The van der Waals surface area contributed by atoms with E-state index >= 15 is 0 Å². The van der Waals surface area contributed by atoms with Crippen LogP contribution in [0.5, 0.6) is 0 Å². The van der Waals surface area contributed by atoms with Gasteiger partial charge in [0.05, 0.1) is 10.7 Å². The molecule has 3 N–H and O–H groups in total. The van der Waals surface area contributed by atoms with Crippen LogP contribution in [-0.2, 0) is 9.63 Å². The van der Waals surface area contributed by atoms with Crippen LogP contribution >= 0.6 is 11.6 Å². The Labute approximate surface area is 102 Å². The summed E-state index contributed by atoms with van der Waals surface area (Å²) in [5, 5.41) is 11.1. The minimum atomic E-state index is -1.18. The number of hydrogen-bond acceptors (Lipinski definition) is 3. The number of urea groups is 1. The largest absolute Gasteiger partial charge is 0.479 e. The lowest BCUT2D eigenvalue weighted by Crippen LogP contribution is -2.30. The smallest absolute Gasteiger partial charge is 0.343 e. The number of aryl methyl sites for hydroxylation is 1. The summed E-state index contributed by atoms with van der Waals surface area (Å²) >= 11 is 5.88. The highest BCUT2D eigenvalue weighted by Gasteiger charge is 2.06. The molecule has 0 fully saturated rings. The molecule has 0 saturated heterocycles. The van der Waals surface area contributed by atoms with Gasteiger partial charge in [-0.1, -0.05) is 17.7 Å². The molecule has 0 heterocycles. The van der Waals surface area contributed by atoms with Crippen molar-refractivity contribution in [3.8, 4) is 0 Å². The number of hydroxylamine groups is 1. The zero-order valence-electron chi connectivity index (χ0n) is 8.99. The lowest BCUT2D eigenvalue weighted by Gasteiger charge is -2.08. The number of carbonyl (C=O) groups is 2. The van der Waals surface area contributed by atoms with E-state index in [2.05, 4.69) is 10.2 Å². The predicted molar refractivity (Wildman–Crippen MR) is 61.9 cm³/mol. The number of nitrogens with one attached hydrogen (secondary N) is 2. The van der Waals surface area contributed by atoms with E-state index in [0.717, 1.165) is 5.56 Å². The van der Waals surface area contributed by atoms with Crippen molar-refractivity contribution in [2.75, 3.05) is 11.9 Å². The van der Waals surface area contributed by atoms with E-state index in [1.54, 1.807) is 18.2 Å². The van der Waals surface area contributed by atoms with Gasteiger partial charge in [0.15, 0.2) is 6.61 Å². The molecule has 0 spiro atoms. The van der Waals surface area contributed by atoms with Crippen molar-refractivity contribution in [3.05, 3.63) is 28.8 Å². The fourth-order valence-corrected chi connectivity index (χ4v) is 1.32. The van der Waals surface area contributed by atoms with Crippen LogP contribution < -0.4 is 10.8 Å². The zero-order valence-corrected chi connectivity index (χ0v) is 9.75. The number of halogens is 1. The third kappa shape index (κ3) is 4.71. The van der Waals surface area contributed by atoms with E-state index < -0.39 is 18.6 Å². The van der Waals surface area contributed by atoms with Gasteiger partial charge < -0.3 is 10.4 Å². The van der Waals surface area contributed by atoms with Gasteiger partial charge in [0, 0.05) is 0 Å². The number of benzene rings is 1. The molecule has 1 aromatic carbocycles. The maximum atomic E-state index is 11.2. The second-order valence-electron chi connectivity index (χ2n) is 3.22. The third-order valence-corrected chi connectivity index (χ3v) is 2.05. The first-order valence-corrected chi connectivity index (χ1v) is 5.03. The van der Waals surface area contributed by atoms with Crippen molar-refractivity contribution in [1.82, 2.24) is 5.48 Å². The van der Waals surface area contributed by atoms with Crippen molar-refractivity contribution in [1.29, 1.82) is 0 Å². The normalized spacial score (nSPS) is 9.76. The molecule has 1 aromatic rings. The number of rotatable bonds is 4. The Morgan fingerprint density at radius 2 is 2.18 bits per heavy atom. The van der Waals surface area contributed by atoms with E-state index in [0.29, 0.717) is 10.7 Å². The molecule has 92 valence electrons. The van der Waals surface area contributed by atoms with Crippen LogP contribution in [0.4, 0.5) is 10.5 Å². The van der Waals surface area contributed by atoms with Gasteiger partial charge in [-0.05, 0) is 24.6 Å². The second kappa shape index (κ2) is 6.07. The van der Waals surface area contributed by atoms with Crippen molar-refractivity contribution < 1.29 is 19.5 Å². The molecule has 0 saturated carbocycles. The topological polar surface area (TPSA) is 87.7 Å². The molecule has 0 bridgehead atoms. The standard InChI is InChI=1S/C10H11ClN2O4/c1-6-2-3-8(7(11)4-6)12-10(16)13-17-5-9(14)15/h2-4H,5H2,1H3,(H,14,15)(H2,12,13,16). The zero-order chi connectivity index (χ0) is 12.8. The quantitative estimate of drug-likeness (QED) is 0.719. The van der Waals surface area contributed by atoms with Gasteiger partial charge in [0.25, 0.3) is 0 Å². The number of carboxylic acids is 1. The molecule has 0 radical (unpaired) electrons. The van der Waals surface area contributed by atoms with Crippen LogP contribution in [0.3, 0.4) is 0 Å².